The van der Waals surface area contributed by atoms with Gasteiger partial charge in [0.15, 0.2) is 0 Å². The van der Waals surface area contributed by atoms with Gasteiger partial charge in [-0.3, -0.25) is 9.48 Å². The third-order valence-corrected chi connectivity index (χ3v) is 3.67. The number of carbonyl (C=O) groups excluding carboxylic acids is 1. The molecule has 0 aromatic carbocycles. The number of amides is 1. The van der Waals surface area contributed by atoms with Gasteiger partial charge < -0.3 is 14.5 Å². The van der Waals surface area contributed by atoms with Crippen molar-refractivity contribution >= 4 is 5.91 Å². The van der Waals surface area contributed by atoms with Crippen LogP contribution < -0.4 is 5.32 Å². The van der Waals surface area contributed by atoms with Crippen LogP contribution in [0.4, 0.5) is 0 Å². The highest BCUT2D eigenvalue weighted by Crippen LogP contribution is 2.18. The first-order valence-corrected chi connectivity index (χ1v) is 7.25. The first-order chi connectivity index (χ1) is 10.3. The number of aromatic nitrogens is 2. The van der Waals surface area contributed by atoms with E-state index in [2.05, 4.69) is 10.4 Å². The summed E-state index contributed by atoms with van der Waals surface area (Å²) >= 11 is 0. The number of hydrogen-bond donors (Lipinski definition) is 1. The lowest BCUT2D eigenvalue weighted by atomic mass is 9.99. The Labute approximate surface area is 123 Å². The molecule has 2 aromatic heterocycles. The molecule has 1 aliphatic rings. The molecule has 0 spiro atoms. The lowest BCUT2D eigenvalue weighted by molar-refractivity contribution is -0.127. The summed E-state index contributed by atoms with van der Waals surface area (Å²) < 4.78 is 12.4. The fourth-order valence-electron chi connectivity index (χ4n) is 2.45. The molecule has 6 heteroatoms. The van der Waals surface area contributed by atoms with E-state index in [0.29, 0.717) is 26.3 Å². The molecule has 6 nitrogen and oxygen atoms in total. The van der Waals surface area contributed by atoms with Crippen molar-refractivity contribution in [2.45, 2.75) is 19.4 Å². The minimum absolute atomic E-state index is 0.0926. The van der Waals surface area contributed by atoms with Crippen LogP contribution in [0.3, 0.4) is 0 Å². The maximum Gasteiger partial charge on any atom is 0.223 e. The smallest absolute Gasteiger partial charge is 0.223 e. The molecule has 1 aliphatic heterocycles. The maximum absolute atomic E-state index is 12.0. The molecule has 1 amide bonds. The van der Waals surface area contributed by atoms with Crippen molar-refractivity contribution < 1.29 is 13.9 Å². The molecule has 3 heterocycles. The van der Waals surface area contributed by atoms with Crippen LogP contribution in [0.1, 0.15) is 12.8 Å². The molecule has 112 valence electrons. The predicted octanol–water partition coefficient (Wildman–Crippen LogP) is 1.69. The number of carbonyl (C=O) groups is 1. The highest BCUT2D eigenvalue weighted by molar-refractivity contribution is 5.78. The number of nitrogens with one attached hydrogen (secondary N) is 1. The first kappa shape index (κ1) is 13.9. The van der Waals surface area contributed by atoms with Crippen molar-refractivity contribution in [1.29, 1.82) is 0 Å². The molecule has 3 rings (SSSR count). The fraction of sp³-hybridized carbons (Fsp3) is 0.467. The van der Waals surface area contributed by atoms with Crippen LogP contribution in [0, 0.1) is 5.92 Å². The summed E-state index contributed by atoms with van der Waals surface area (Å²) in [6.45, 7) is 2.60. The summed E-state index contributed by atoms with van der Waals surface area (Å²) in [6.07, 6.45) is 6.95. The van der Waals surface area contributed by atoms with Crippen molar-refractivity contribution in [3.8, 4) is 11.3 Å². The summed E-state index contributed by atoms with van der Waals surface area (Å²) in [6, 6.07) is 3.75. The van der Waals surface area contributed by atoms with Gasteiger partial charge in [0.25, 0.3) is 0 Å². The Bertz CT molecular complexity index is 571. The van der Waals surface area contributed by atoms with Crippen LogP contribution in [0.2, 0.25) is 0 Å². The lowest BCUT2D eigenvalue weighted by Gasteiger charge is -2.21. The monoisotopic (exact) mass is 289 g/mol. The molecule has 1 fully saturated rings. The SMILES string of the molecule is O=C(NCCn1cc(-c2ccco2)cn1)C1CCOCC1. The van der Waals surface area contributed by atoms with Gasteiger partial charge in [0.2, 0.25) is 5.91 Å². The second-order valence-corrected chi connectivity index (χ2v) is 5.15. The molecular formula is C15H19N3O3. The summed E-state index contributed by atoms with van der Waals surface area (Å²) in [5.41, 5.74) is 0.941. The van der Waals surface area contributed by atoms with Crippen LogP contribution in [0.5, 0.6) is 0 Å². The molecule has 1 saturated heterocycles. The zero-order valence-electron chi connectivity index (χ0n) is 11.8. The molecule has 0 radical (unpaired) electrons. The second-order valence-electron chi connectivity index (χ2n) is 5.15. The average molecular weight is 289 g/mol. The van der Waals surface area contributed by atoms with Gasteiger partial charge in [-0.25, -0.2) is 0 Å². The number of nitrogens with zero attached hydrogens (tertiary/aromatic N) is 2. The Morgan fingerprint density at radius 3 is 3.05 bits per heavy atom. The molecule has 0 aliphatic carbocycles. The standard InChI is InChI=1S/C15H19N3O3/c19-15(12-3-8-20-9-4-12)16-5-6-18-11-13(10-17-18)14-2-1-7-21-14/h1-2,7,10-12H,3-6,8-9H2,(H,16,19). The molecular weight excluding hydrogens is 270 g/mol. The van der Waals surface area contributed by atoms with Crippen molar-refractivity contribution in [2.75, 3.05) is 19.8 Å². The van der Waals surface area contributed by atoms with Gasteiger partial charge in [0.1, 0.15) is 5.76 Å². The first-order valence-electron chi connectivity index (χ1n) is 7.25. The van der Waals surface area contributed by atoms with E-state index in [1.165, 1.54) is 0 Å². The maximum atomic E-state index is 12.0. The number of furan rings is 1. The van der Waals surface area contributed by atoms with E-state index >= 15 is 0 Å². The Morgan fingerprint density at radius 2 is 2.29 bits per heavy atom. The molecule has 0 bridgehead atoms. The van der Waals surface area contributed by atoms with Crippen LogP contribution in [0.15, 0.2) is 35.2 Å². The van der Waals surface area contributed by atoms with Crippen molar-refractivity contribution in [1.82, 2.24) is 15.1 Å². The predicted molar refractivity (Wildman–Crippen MR) is 76.5 cm³/mol. The van der Waals surface area contributed by atoms with E-state index in [9.17, 15) is 4.79 Å². The Morgan fingerprint density at radius 1 is 1.43 bits per heavy atom. The van der Waals surface area contributed by atoms with Gasteiger partial charge in [-0.1, -0.05) is 0 Å². The Balaban J connectivity index is 1.46. The van der Waals surface area contributed by atoms with Gasteiger partial charge in [-0.05, 0) is 25.0 Å². The van der Waals surface area contributed by atoms with E-state index in [4.69, 9.17) is 9.15 Å². The lowest BCUT2D eigenvalue weighted by Crippen LogP contribution is -2.35. The molecule has 21 heavy (non-hydrogen) atoms. The van der Waals surface area contributed by atoms with E-state index in [0.717, 1.165) is 24.2 Å². The van der Waals surface area contributed by atoms with Crippen molar-refractivity contribution in [3.05, 3.63) is 30.8 Å². The molecule has 0 saturated carbocycles. The zero-order valence-corrected chi connectivity index (χ0v) is 11.8. The minimum Gasteiger partial charge on any atom is -0.464 e. The van der Waals surface area contributed by atoms with Gasteiger partial charge in [-0.15, -0.1) is 0 Å². The van der Waals surface area contributed by atoms with Crippen LogP contribution in [0.25, 0.3) is 11.3 Å². The topological polar surface area (TPSA) is 69.3 Å². The van der Waals surface area contributed by atoms with E-state index < -0.39 is 0 Å². The van der Waals surface area contributed by atoms with Crippen molar-refractivity contribution in [3.63, 3.8) is 0 Å². The fourth-order valence-corrected chi connectivity index (χ4v) is 2.45. The molecule has 2 aromatic rings. The normalized spacial score (nSPS) is 16.0. The van der Waals surface area contributed by atoms with Gasteiger partial charge in [0, 0.05) is 31.9 Å². The third-order valence-electron chi connectivity index (χ3n) is 3.67. The summed E-state index contributed by atoms with van der Waals surface area (Å²) in [4.78, 5) is 12.0. The Hall–Kier alpha value is -2.08. The largest absolute Gasteiger partial charge is 0.464 e. The average Bonchev–Trinajstić information content (AvgIpc) is 3.19. The van der Waals surface area contributed by atoms with Gasteiger partial charge in [-0.2, -0.15) is 5.10 Å². The second kappa shape index (κ2) is 6.58. The molecule has 0 unspecified atom stereocenters. The highest BCUT2D eigenvalue weighted by Gasteiger charge is 2.20. The summed E-state index contributed by atoms with van der Waals surface area (Å²) in [5, 5.41) is 7.23. The van der Waals surface area contributed by atoms with Crippen LogP contribution in [-0.4, -0.2) is 35.4 Å². The van der Waals surface area contributed by atoms with Gasteiger partial charge >= 0.3 is 0 Å². The van der Waals surface area contributed by atoms with Crippen LogP contribution >= 0.6 is 0 Å². The summed E-state index contributed by atoms with van der Waals surface area (Å²) in [7, 11) is 0. The number of ether oxygens (including phenoxy) is 1. The van der Waals surface area contributed by atoms with E-state index in [1.54, 1.807) is 12.5 Å². The molecule has 1 N–H and O–H groups in total. The van der Waals surface area contributed by atoms with Crippen LogP contribution in [-0.2, 0) is 16.1 Å². The number of hydrogen-bond acceptors (Lipinski definition) is 4. The van der Waals surface area contributed by atoms with Crippen molar-refractivity contribution in [2.24, 2.45) is 5.92 Å². The highest BCUT2D eigenvalue weighted by atomic mass is 16.5. The zero-order chi connectivity index (χ0) is 14.5. The summed E-state index contributed by atoms with van der Waals surface area (Å²) in [5.74, 6) is 1.01. The van der Waals surface area contributed by atoms with Gasteiger partial charge in [0.05, 0.1) is 24.6 Å². The third kappa shape index (κ3) is 3.52. The van der Waals surface area contributed by atoms with E-state index in [-0.39, 0.29) is 11.8 Å². The van der Waals surface area contributed by atoms with E-state index in [1.807, 2.05) is 23.0 Å². The number of rotatable bonds is 5. The quantitative estimate of drug-likeness (QED) is 0.909. The minimum atomic E-state index is 0.0926. The molecule has 0 atom stereocenters. The Kier molecular flexibility index (Phi) is 4.35.